The topological polar surface area (TPSA) is 84.2 Å². The molecule has 0 aromatic heterocycles. The summed E-state index contributed by atoms with van der Waals surface area (Å²) in [6.45, 7) is 0.776. The molecule has 0 radical (unpaired) electrons. The zero-order valence-corrected chi connectivity index (χ0v) is 10.7. The zero-order chi connectivity index (χ0) is 13.4. The minimum atomic E-state index is -0.331. The van der Waals surface area contributed by atoms with E-state index in [0.717, 1.165) is 0 Å². The first kappa shape index (κ1) is 14.5. The molecular formula is C12H16ClN3O2. The normalized spacial score (nSPS) is 10.1. The second kappa shape index (κ2) is 7.68. The van der Waals surface area contributed by atoms with Gasteiger partial charge in [0.15, 0.2) is 0 Å². The van der Waals surface area contributed by atoms with Crippen molar-refractivity contribution in [3.05, 3.63) is 29.3 Å². The summed E-state index contributed by atoms with van der Waals surface area (Å²) in [5.74, 6) is -0.473. The highest BCUT2D eigenvalue weighted by Gasteiger charge is 2.01. The Morgan fingerprint density at radius 2 is 1.89 bits per heavy atom. The van der Waals surface area contributed by atoms with Crippen molar-refractivity contribution < 1.29 is 9.59 Å². The average Bonchev–Trinajstić information content (AvgIpc) is 2.31. The van der Waals surface area contributed by atoms with Crippen LogP contribution in [0.1, 0.15) is 12.8 Å². The molecule has 0 unspecified atom stereocenters. The molecule has 0 atom stereocenters. The Kier molecular flexibility index (Phi) is 6.18. The number of halogens is 1. The third-order valence-corrected chi connectivity index (χ3v) is 2.44. The molecule has 18 heavy (non-hydrogen) atoms. The fourth-order valence-corrected chi connectivity index (χ4v) is 1.45. The second-order valence-corrected chi connectivity index (χ2v) is 4.24. The Labute approximate surface area is 111 Å². The first-order valence-electron chi connectivity index (χ1n) is 5.62. The number of carbonyl (C=O) groups is 2. The Bertz CT molecular complexity index is 406. The van der Waals surface area contributed by atoms with Crippen LogP contribution in [0.15, 0.2) is 24.3 Å². The van der Waals surface area contributed by atoms with Gasteiger partial charge in [0.2, 0.25) is 11.8 Å². The lowest BCUT2D eigenvalue weighted by atomic mass is 10.3. The van der Waals surface area contributed by atoms with Crippen molar-refractivity contribution in [2.75, 3.05) is 18.4 Å². The largest absolute Gasteiger partial charge is 0.370 e. The van der Waals surface area contributed by atoms with Crippen LogP contribution >= 0.6 is 11.6 Å². The highest BCUT2D eigenvalue weighted by Crippen LogP contribution is 2.12. The molecule has 0 fully saturated rings. The first-order chi connectivity index (χ1) is 8.58. The van der Waals surface area contributed by atoms with Gasteiger partial charge < -0.3 is 16.4 Å². The standard InChI is InChI=1S/C12H16ClN3O2/c13-9-3-5-10(6-4-9)16-12(18)8-15-7-1-2-11(14)17/h3-6,15H,1-2,7-8H2,(H2,14,17)(H,16,18). The first-order valence-corrected chi connectivity index (χ1v) is 6.00. The maximum Gasteiger partial charge on any atom is 0.238 e. The third kappa shape index (κ3) is 6.22. The molecule has 2 amide bonds. The SMILES string of the molecule is NC(=O)CCCNCC(=O)Nc1ccc(Cl)cc1. The Morgan fingerprint density at radius 3 is 2.50 bits per heavy atom. The lowest BCUT2D eigenvalue weighted by Gasteiger charge is -2.06. The van der Waals surface area contributed by atoms with E-state index in [0.29, 0.717) is 30.1 Å². The number of nitrogens with one attached hydrogen (secondary N) is 2. The van der Waals surface area contributed by atoms with E-state index in [4.69, 9.17) is 17.3 Å². The van der Waals surface area contributed by atoms with Crippen LogP contribution in [0.4, 0.5) is 5.69 Å². The Hall–Kier alpha value is -1.59. The molecule has 0 spiro atoms. The second-order valence-electron chi connectivity index (χ2n) is 3.80. The van der Waals surface area contributed by atoms with Gasteiger partial charge in [-0.25, -0.2) is 0 Å². The predicted octanol–water partition coefficient (Wildman–Crippen LogP) is 1.13. The van der Waals surface area contributed by atoms with E-state index in [-0.39, 0.29) is 18.4 Å². The monoisotopic (exact) mass is 269 g/mol. The molecule has 1 rings (SSSR count). The molecule has 98 valence electrons. The van der Waals surface area contributed by atoms with E-state index >= 15 is 0 Å². The van der Waals surface area contributed by atoms with Crippen molar-refractivity contribution in [3.8, 4) is 0 Å². The lowest BCUT2D eigenvalue weighted by molar-refractivity contribution is -0.118. The molecule has 0 heterocycles. The van der Waals surface area contributed by atoms with Gasteiger partial charge in [-0.05, 0) is 37.2 Å². The fourth-order valence-electron chi connectivity index (χ4n) is 1.33. The van der Waals surface area contributed by atoms with Gasteiger partial charge >= 0.3 is 0 Å². The van der Waals surface area contributed by atoms with Gasteiger partial charge in [-0.1, -0.05) is 11.6 Å². The maximum atomic E-state index is 11.5. The van der Waals surface area contributed by atoms with Gasteiger partial charge in [0, 0.05) is 17.1 Å². The van der Waals surface area contributed by atoms with E-state index in [9.17, 15) is 9.59 Å². The third-order valence-electron chi connectivity index (χ3n) is 2.19. The van der Waals surface area contributed by atoms with Gasteiger partial charge in [-0.3, -0.25) is 9.59 Å². The molecule has 5 nitrogen and oxygen atoms in total. The van der Waals surface area contributed by atoms with Crippen LogP contribution in [0.2, 0.25) is 5.02 Å². The highest BCUT2D eigenvalue weighted by molar-refractivity contribution is 6.30. The number of nitrogens with two attached hydrogens (primary N) is 1. The smallest absolute Gasteiger partial charge is 0.238 e. The van der Waals surface area contributed by atoms with Gasteiger partial charge in [0.25, 0.3) is 0 Å². The fraction of sp³-hybridized carbons (Fsp3) is 0.333. The molecule has 0 aliphatic carbocycles. The summed E-state index contributed by atoms with van der Waals surface area (Å²) in [6, 6.07) is 6.87. The number of primary amides is 1. The van der Waals surface area contributed by atoms with Crippen molar-refractivity contribution in [3.63, 3.8) is 0 Å². The number of hydrogen-bond acceptors (Lipinski definition) is 3. The van der Waals surface area contributed by atoms with E-state index in [1.165, 1.54) is 0 Å². The van der Waals surface area contributed by atoms with Gasteiger partial charge in [-0.15, -0.1) is 0 Å². The molecule has 0 aliphatic rings. The molecule has 0 bridgehead atoms. The minimum Gasteiger partial charge on any atom is -0.370 e. The molecule has 0 saturated heterocycles. The van der Waals surface area contributed by atoms with Crippen LogP contribution in [0.25, 0.3) is 0 Å². The van der Waals surface area contributed by atoms with E-state index < -0.39 is 0 Å². The van der Waals surface area contributed by atoms with Crippen LogP contribution in [0.5, 0.6) is 0 Å². The Balaban J connectivity index is 2.17. The lowest BCUT2D eigenvalue weighted by Crippen LogP contribution is -2.29. The maximum absolute atomic E-state index is 11.5. The highest BCUT2D eigenvalue weighted by atomic mass is 35.5. The summed E-state index contributed by atoms with van der Waals surface area (Å²) in [5, 5.41) is 6.27. The van der Waals surface area contributed by atoms with Gasteiger partial charge in [0.05, 0.1) is 6.54 Å². The number of carbonyl (C=O) groups excluding carboxylic acids is 2. The number of anilines is 1. The Morgan fingerprint density at radius 1 is 1.22 bits per heavy atom. The summed E-state index contributed by atoms with van der Waals surface area (Å²) in [4.78, 5) is 22.0. The van der Waals surface area contributed by atoms with E-state index in [1.807, 2.05) is 0 Å². The zero-order valence-electron chi connectivity index (χ0n) is 9.91. The summed E-state index contributed by atoms with van der Waals surface area (Å²) in [7, 11) is 0. The predicted molar refractivity (Wildman–Crippen MR) is 71.4 cm³/mol. The van der Waals surface area contributed by atoms with Crippen molar-refractivity contribution in [1.29, 1.82) is 0 Å². The van der Waals surface area contributed by atoms with Crippen molar-refractivity contribution >= 4 is 29.1 Å². The van der Waals surface area contributed by atoms with Gasteiger partial charge in [-0.2, -0.15) is 0 Å². The van der Waals surface area contributed by atoms with Crippen LogP contribution < -0.4 is 16.4 Å². The van der Waals surface area contributed by atoms with E-state index in [1.54, 1.807) is 24.3 Å². The number of hydrogen-bond donors (Lipinski definition) is 3. The molecule has 4 N–H and O–H groups in total. The molecule has 1 aromatic rings. The average molecular weight is 270 g/mol. The number of rotatable bonds is 7. The summed E-state index contributed by atoms with van der Waals surface area (Å²) in [5.41, 5.74) is 5.69. The van der Waals surface area contributed by atoms with Crippen molar-refractivity contribution in [1.82, 2.24) is 5.32 Å². The van der Waals surface area contributed by atoms with Crippen molar-refractivity contribution in [2.45, 2.75) is 12.8 Å². The van der Waals surface area contributed by atoms with Crippen LogP contribution in [0, 0.1) is 0 Å². The van der Waals surface area contributed by atoms with Gasteiger partial charge in [0.1, 0.15) is 0 Å². The minimum absolute atomic E-state index is 0.142. The summed E-state index contributed by atoms with van der Waals surface area (Å²) < 4.78 is 0. The van der Waals surface area contributed by atoms with Crippen LogP contribution in [-0.4, -0.2) is 24.9 Å². The molecule has 0 saturated carbocycles. The van der Waals surface area contributed by atoms with E-state index in [2.05, 4.69) is 10.6 Å². The molecule has 1 aromatic carbocycles. The van der Waals surface area contributed by atoms with Crippen LogP contribution in [-0.2, 0) is 9.59 Å². The number of benzene rings is 1. The van der Waals surface area contributed by atoms with Crippen LogP contribution in [0.3, 0.4) is 0 Å². The summed E-state index contributed by atoms with van der Waals surface area (Å²) >= 11 is 5.73. The molecular weight excluding hydrogens is 254 g/mol. The molecule has 6 heteroatoms. The van der Waals surface area contributed by atoms with Crippen molar-refractivity contribution in [2.24, 2.45) is 5.73 Å². The number of amides is 2. The quantitative estimate of drug-likeness (QED) is 0.649. The molecule has 0 aliphatic heterocycles. The summed E-state index contributed by atoms with van der Waals surface area (Å²) in [6.07, 6.45) is 0.954.